The van der Waals surface area contributed by atoms with Crippen LogP contribution in [0.5, 0.6) is 17.4 Å². The number of methoxy groups -OCH3 is 3. The van der Waals surface area contributed by atoms with Gasteiger partial charge in [-0.2, -0.15) is 0 Å². The minimum Gasteiger partial charge on any atom is -0.494 e. The van der Waals surface area contributed by atoms with E-state index in [2.05, 4.69) is 41.9 Å². The second kappa shape index (κ2) is 13.2. The normalized spacial score (nSPS) is 13.2. The molecule has 14 heteroatoms. The number of para-hydroxylation sites is 1. The number of nitrogens with zero attached hydrogens (tertiary/aromatic N) is 6. The number of nitrogens with one attached hydrogen (secondary N) is 2. The second-order valence-corrected chi connectivity index (χ2v) is 10.8. The van der Waals surface area contributed by atoms with E-state index < -0.39 is 21.3 Å². The number of hydrogen-bond acceptors (Lipinski definition) is 10. The Kier molecular flexibility index (Phi) is 9.96. The number of hydrogen-bond donors (Lipinski definition) is 2. The lowest BCUT2D eigenvalue weighted by Gasteiger charge is -2.24. The van der Waals surface area contributed by atoms with E-state index in [9.17, 15) is 8.42 Å². The van der Waals surface area contributed by atoms with Crippen molar-refractivity contribution in [2.24, 2.45) is 9.98 Å². The first-order valence-corrected chi connectivity index (χ1v) is 13.7. The number of ether oxygens (including phenoxy) is 3. The van der Waals surface area contributed by atoms with E-state index in [-0.39, 0.29) is 17.6 Å². The molecule has 0 aliphatic rings. The number of aliphatic imine (C=N–C) groups is 2. The van der Waals surface area contributed by atoms with Crippen LogP contribution in [0.4, 0.5) is 5.95 Å². The number of rotatable bonds is 12. The highest BCUT2D eigenvalue weighted by Crippen LogP contribution is 2.37. The standard InChI is InChI=1S/C26H34N8O5S/c1-16(2)15-29-24(28-5)22(27-4)17(3)40(35,36)33-26-32-31-25(18-11-9-14-21(30-18)39-8)34(26)23-19(37-6)12-10-13-20(23)38-7/h9-15,17,22,27H,5H2,1-4,6-8H3,(H,32,33)/t17-,22+/m1/s1. The van der Waals surface area contributed by atoms with Crippen LogP contribution in [0.25, 0.3) is 17.2 Å². The highest BCUT2D eigenvalue weighted by Gasteiger charge is 2.34. The molecule has 214 valence electrons. The van der Waals surface area contributed by atoms with Crippen LogP contribution in [0.3, 0.4) is 0 Å². The van der Waals surface area contributed by atoms with Crippen LogP contribution in [0.15, 0.2) is 58.2 Å². The van der Waals surface area contributed by atoms with Crippen molar-refractivity contribution >= 4 is 28.5 Å². The number of sulfonamides is 1. The van der Waals surface area contributed by atoms with Crippen molar-refractivity contribution in [2.45, 2.75) is 32.1 Å². The van der Waals surface area contributed by atoms with Gasteiger partial charge in [-0.3, -0.25) is 9.29 Å². The van der Waals surface area contributed by atoms with Crippen LogP contribution >= 0.6 is 0 Å². The minimum atomic E-state index is -4.12. The van der Waals surface area contributed by atoms with Crippen LogP contribution in [0.2, 0.25) is 0 Å². The van der Waals surface area contributed by atoms with Gasteiger partial charge < -0.3 is 19.5 Å². The fourth-order valence-electron chi connectivity index (χ4n) is 3.82. The lowest BCUT2D eigenvalue weighted by molar-refractivity contribution is 0.391. The molecule has 2 heterocycles. The lowest BCUT2D eigenvalue weighted by atomic mass is 10.2. The summed E-state index contributed by atoms with van der Waals surface area (Å²) in [7, 11) is 1.97. The summed E-state index contributed by atoms with van der Waals surface area (Å²) < 4.78 is 48.0. The molecule has 0 bridgehead atoms. The van der Waals surface area contributed by atoms with Gasteiger partial charge in [-0.25, -0.2) is 23.4 Å². The quantitative estimate of drug-likeness (QED) is 0.247. The first-order valence-electron chi connectivity index (χ1n) is 12.2. The van der Waals surface area contributed by atoms with E-state index in [0.717, 1.165) is 5.57 Å². The van der Waals surface area contributed by atoms with Gasteiger partial charge in [-0.1, -0.05) is 17.7 Å². The van der Waals surface area contributed by atoms with E-state index in [1.54, 1.807) is 49.6 Å². The van der Waals surface area contributed by atoms with E-state index in [1.807, 2.05) is 13.8 Å². The Bertz CT molecular complexity index is 1490. The summed E-state index contributed by atoms with van der Waals surface area (Å²) in [5, 5.41) is 10.4. The zero-order valence-electron chi connectivity index (χ0n) is 23.5. The maximum absolute atomic E-state index is 13.7. The van der Waals surface area contributed by atoms with E-state index in [4.69, 9.17) is 14.2 Å². The smallest absolute Gasteiger partial charge is 0.243 e. The molecular formula is C26H34N8O5S. The Morgan fingerprint density at radius 3 is 2.25 bits per heavy atom. The SMILES string of the molecule is C=NC(=NC=C(C)C)[C@@H](NC)[C@@H](C)S(=O)(=O)Nc1nnc(-c2cccc(OC)n2)n1-c1c(OC)cccc1OC. The van der Waals surface area contributed by atoms with Crippen LogP contribution in [0, 0.1) is 0 Å². The monoisotopic (exact) mass is 570 g/mol. The Balaban J connectivity index is 2.20. The molecule has 3 rings (SSSR count). The van der Waals surface area contributed by atoms with Crippen molar-refractivity contribution in [2.75, 3.05) is 33.1 Å². The maximum Gasteiger partial charge on any atom is 0.243 e. The molecule has 0 aliphatic carbocycles. The molecule has 2 N–H and O–H groups in total. The molecule has 0 unspecified atom stereocenters. The molecule has 2 aromatic heterocycles. The molecule has 0 saturated carbocycles. The van der Waals surface area contributed by atoms with Crippen LogP contribution in [-0.2, 0) is 10.0 Å². The molecule has 2 atom stereocenters. The van der Waals surface area contributed by atoms with Crippen molar-refractivity contribution in [1.82, 2.24) is 25.1 Å². The summed E-state index contributed by atoms with van der Waals surface area (Å²) in [5.41, 5.74) is 1.66. The number of allylic oxidation sites excluding steroid dienone is 1. The largest absolute Gasteiger partial charge is 0.494 e. The van der Waals surface area contributed by atoms with Gasteiger partial charge in [0.25, 0.3) is 0 Å². The maximum atomic E-state index is 13.7. The molecule has 0 spiro atoms. The van der Waals surface area contributed by atoms with Crippen LogP contribution < -0.4 is 24.2 Å². The first-order chi connectivity index (χ1) is 19.1. The van der Waals surface area contributed by atoms with Gasteiger partial charge in [0.15, 0.2) is 5.82 Å². The summed E-state index contributed by atoms with van der Waals surface area (Å²) in [4.78, 5) is 12.7. The Hall–Kier alpha value is -4.30. The van der Waals surface area contributed by atoms with Gasteiger partial charge >= 0.3 is 0 Å². The molecule has 0 amide bonds. The van der Waals surface area contributed by atoms with Gasteiger partial charge in [0.2, 0.25) is 21.9 Å². The third kappa shape index (κ3) is 6.46. The second-order valence-electron chi connectivity index (χ2n) is 8.73. The average molecular weight is 571 g/mol. The third-order valence-electron chi connectivity index (χ3n) is 5.85. The topological polar surface area (TPSA) is 154 Å². The van der Waals surface area contributed by atoms with Crippen LogP contribution in [0.1, 0.15) is 20.8 Å². The van der Waals surface area contributed by atoms with Gasteiger partial charge in [-0.05, 0) is 52.7 Å². The van der Waals surface area contributed by atoms with Gasteiger partial charge in [0.1, 0.15) is 34.0 Å². The summed E-state index contributed by atoms with van der Waals surface area (Å²) in [6.45, 7) is 8.83. The van der Waals surface area contributed by atoms with Crippen molar-refractivity contribution < 1.29 is 22.6 Å². The number of anilines is 1. The van der Waals surface area contributed by atoms with Gasteiger partial charge in [0.05, 0.1) is 27.4 Å². The van der Waals surface area contributed by atoms with Crippen molar-refractivity contribution in [3.63, 3.8) is 0 Å². The van der Waals surface area contributed by atoms with Gasteiger partial charge in [-0.15, -0.1) is 10.2 Å². The third-order valence-corrected chi connectivity index (χ3v) is 7.57. The van der Waals surface area contributed by atoms with E-state index in [0.29, 0.717) is 28.8 Å². The van der Waals surface area contributed by atoms with Gasteiger partial charge in [0, 0.05) is 12.3 Å². The number of aromatic nitrogens is 4. The molecule has 0 aliphatic heterocycles. The highest BCUT2D eigenvalue weighted by atomic mass is 32.2. The van der Waals surface area contributed by atoms with Crippen LogP contribution in [-0.4, -0.2) is 80.4 Å². The molecule has 1 aromatic carbocycles. The molecule has 13 nitrogen and oxygen atoms in total. The molecular weight excluding hydrogens is 536 g/mol. The Morgan fingerprint density at radius 1 is 1.05 bits per heavy atom. The number of likely N-dealkylation sites (N-methyl/N-ethyl adjacent to an activating group) is 1. The molecule has 3 aromatic rings. The predicted molar refractivity (Wildman–Crippen MR) is 156 cm³/mol. The zero-order valence-corrected chi connectivity index (χ0v) is 24.4. The lowest BCUT2D eigenvalue weighted by Crippen LogP contribution is -2.47. The zero-order chi connectivity index (χ0) is 29.4. The fourth-order valence-corrected chi connectivity index (χ4v) is 5.01. The minimum absolute atomic E-state index is 0.113. The number of amidine groups is 1. The molecule has 0 radical (unpaired) electrons. The number of benzene rings is 1. The Morgan fingerprint density at radius 2 is 1.70 bits per heavy atom. The van der Waals surface area contributed by atoms with Crippen molar-refractivity contribution in [1.29, 1.82) is 0 Å². The predicted octanol–water partition coefficient (Wildman–Crippen LogP) is 3.10. The molecule has 0 saturated heterocycles. The summed E-state index contributed by atoms with van der Waals surface area (Å²) in [6.07, 6.45) is 1.60. The fraction of sp³-hybridized carbons (Fsp3) is 0.346. The Labute approximate surface area is 234 Å². The highest BCUT2D eigenvalue weighted by molar-refractivity contribution is 7.93. The average Bonchev–Trinajstić information content (AvgIpc) is 3.36. The molecule has 0 fully saturated rings. The molecule has 40 heavy (non-hydrogen) atoms. The summed E-state index contributed by atoms with van der Waals surface area (Å²) in [6, 6.07) is 9.49. The van der Waals surface area contributed by atoms with Crippen molar-refractivity contribution in [3.05, 3.63) is 48.2 Å². The van der Waals surface area contributed by atoms with E-state index in [1.165, 1.54) is 32.8 Å². The van der Waals surface area contributed by atoms with Crippen molar-refractivity contribution in [3.8, 4) is 34.6 Å². The number of pyridine rings is 1. The summed E-state index contributed by atoms with van der Waals surface area (Å²) in [5.74, 6) is 1.44. The van der Waals surface area contributed by atoms with E-state index >= 15 is 0 Å². The first kappa shape index (κ1) is 30.2. The summed E-state index contributed by atoms with van der Waals surface area (Å²) >= 11 is 0.